The van der Waals surface area contributed by atoms with E-state index in [1.165, 1.54) is 38.5 Å². The second-order valence-electron chi connectivity index (χ2n) is 7.82. The highest BCUT2D eigenvalue weighted by Crippen LogP contribution is 2.22. The van der Waals surface area contributed by atoms with Crippen molar-refractivity contribution in [2.75, 3.05) is 6.61 Å². The van der Waals surface area contributed by atoms with Crippen molar-refractivity contribution in [1.82, 2.24) is 0 Å². The van der Waals surface area contributed by atoms with Crippen molar-refractivity contribution >= 4 is 5.97 Å². The molecule has 0 atom stereocenters. The Balaban J connectivity index is 3.31. The number of hydrogen-bond acceptors (Lipinski definition) is 2. The quantitative estimate of drug-likeness (QED) is 0.439. The van der Waals surface area contributed by atoms with Crippen molar-refractivity contribution in [1.29, 1.82) is 0 Å². The molecule has 0 bridgehead atoms. The molecule has 0 aromatic rings. The molecule has 0 saturated carbocycles. The van der Waals surface area contributed by atoms with Crippen LogP contribution in [0.4, 0.5) is 0 Å². The molecule has 0 aromatic heterocycles. The fourth-order valence-corrected chi connectivity index (χ4v) is 1.85. The van der Waals surface area contributed by atoms with Gasteiger partial charge in [-0.1, -0.05) is 52.9 Å². The van der Waals surface area contributed by atoms with Crippen LogP contribution < -0.4 is 0 Å². The molecule has 0 rings (SSSR count). The van der Waals surface area contributed by atoms with Crippen molar-refractivity contribution in [3.63, 3.8) is 0 Å². The molecule has 0 unspecified atom stereocenters. The van der Waals surface area contributed by atoms with Gasteiger partial charge in [-0.2, -0.15) is 0 Å². The molecular weight excluding hydrogens is 236 g/mol. The lowest BCUT2D eigenvalue weighted by Crippen LogP contribution is -2.23. The number of esters is 1. The van der Waals surface area contributed by atoms with Gasteiger partial charge in [-0.25, -0.2) is 0 Å². The van der Waals surface area contributed by atoms with Crippen LogP contribution in [0.1, 0.15) is 86.5 Å². The molecule has 0 aliphatic heterocycles. The van der Waals surface area contributed by atoms with E-state index in [1.807, 2.05) is 20.8 Å². The Kier molecular flexibility index (Phi) is 8.36. The first-order valence-electron chi connectivity index (χ1n) is 7.80. The summed E-state index contributed by atoms with van der Waals surface area (Å²) in [6, 6.07) is 0. The van der Waals surface area contributed by atoms with E-state index >= 15 is 0 Å². The van der Waals surface area contributed by atoms with Crippen LogP contribution in [-0.4, -0.2) is 12.6 Å². The van der Waals surface area contributed by atoms with E-state index in [2.05, 4.69) is 20.8 Å². The van der Waals surface area contributed by atoms with Crippen molar-refractivity contribution in [2.45, 2.75) is 86.5 Å². The first kappa shape index (κ1) is 18.5. The van der Waals surface area contributed by atoms with E-state index in [1.54, 1.807) is 0 Å². The zero-order valence-corrected chi connectivity index (χ0v) is 14.0. The molecule has 0 N–H and O–H groups in total. The van der Waals surface area contributed by atoms with Crippen molar-refractivity contribution in [3.05, 3.63) is 0 Å². The largest absolute Gasteiger partial charge is 0.465 e. The topological polar surface area (TPSA) is 26.3 Å². The molecule has 114 valence electrons. The molecule has 2 nitrogen and oxygen atoms in total. The van der Waals surface area contributed by atoms with Crippen molar-refractivity contribution in [3.8, 4) is 0 Å². The van der Waals surface area contributed by atoms with E-state index in [0.29, 0.717) is 12.0 Å². The fourth-order valence-electron chi connectivity index (χ4n) is 1.85. The monoisotopic (exact) mass is 270 g/mol. The molecular formula is C17H34O2. The highest BCUT2D eigenvalue weighted by atomic mass is 16.5. The van der Waals surface area contributed by atoms with Gasteiger partial charge in [-0.15, -0.1) is 0 Å². The average Bonchev–Trinajstić information content (AvgIpc) is 2.23. The minimum absolute atomic E-state index is 0.0855. The lowest BCUT2D eigenvalue weighted by atomic mass is 9.89. The standard InChI is InChI=1S/C17H34O2/c1-16(2,3)13-11-9-7-8-10-12-14-19-15(18)17(4,5)6/h7-14H2,1-6H3. The smallest absolute Gasteiger partial charge is 0.311 e. The fraction of sp³-hybridized carbons (Fsp3) is 0.941. The van der Waals surface area contributed by atoms with Gasteiger partial charge in [-0.05, 0) is 39.0 Å². The molecule has 0 spiro atoms. The number of carbonyl (C=O) groups excluding carboxylic acids is 1. The molecule has 0 aliphatic carbocycles. The van der Waals surface area contributed by atoms with Crippen LogP contribution in [0.15, 0.2) is 0 Å². The summed E-state index contributed by atoms with van der Waals surface area (Å²) in [5.74, 6) is -0.0855. The Morgan fingerprint density at radius 1 is 0.789 bits per heavy atom. The van der Waals surface area contributed by atoms with Gasteiger partial charge in [0.2, 0.25) is 0 Å². The third kappa shape index (κ3) is 12.3. The summed E-state index contributed by atoms with van der Waals surface area (Å²) in [4.78, 5) is 11.5. The van der Waals surface area contributed by atoms with Gasteiger partial charge in [0, 0.05) is 0 Å². The molecule has 0 aliphatic rings. The van der Waals surface area contributed by atoms with Gasteiger partial charge in [-0.3, -0.25) is 4.79 Å². The number of carbonyl (C=O) groups is 1. The van der Waals surface area contributed by atoms with Gasteiger partial charge in [0.15, 0.2) is 0 Å². The maximum atomic E-state index is 11.5. The summed E-state index contributed by atoms with van der Waals surface area (Å²) < 4.78 is 5.24. The van der Waals surface area contributed by atoms with E-state index in [4.69, 9.17) is 4.74 Å². The van der Waals surface area contributed by atoms with Crippen molar-refractivity contribution in [2.24, 2.45) is 10.8 Å². The third-order valence-electron chi connectivity index (χ3n) is 3.17. The first-order chi connectivity index (χ1) is 8.63. The van der Waals surface area contributed by atoms with E-state index < -0.39 is 0 Å². The van der Waals surface area contributed by atoms with Crippen LogP contribution in [0.5, 0.6) is 0 Å². The van der Waals surface area contributed by atoms with Crippen LogP contribution in [-0.2, 0) is 9.53 Å². The highest BCUT2D eigenvalue weighted by molar-refractivity contribution is 5.75. The zero-order valence-electron chi connectivity index (χ0n) is 14.0. The van der Waals surface area contributed by atoms with Gasteiger partial charge >= 0.3 is 5.97 Å². The van der Waals surface area contributed by atoms with E-state index in [-0.39, 0.29) is 11.4 Å². The van der Waals surface area contributed by atoms with Gasteiger partial charge in [0.05, 0.1) is 12.0 Å². The summed E-state index contributed by atoms with van der Waals surface area (Å²) >= 11 is 0. The Morgan fingerprint density at radius 2 is 1.26 bits per heavy atom. The lowest BCUT2D eigenvalue weighted by molar-refractivity contribution is -0.153. The van der Waals surface area contributed by atoms with Gasteiger partial charge in [0.1, 0.15) is 0 Å². The minimum atomic E-state index is -0.368. The molecule has 0 saturated heterocycles. The highest BCUT2D eigenvalue weighted by Gasteiger charge is 2.22. The first-order valence-corrected chi connectivity index (χ1v) is 7.80. The predicted molar refractivity (Wildman–Crippen MR) is 82.2 cm³/mol. The Labute approximate surface area is 120 Å². The number of hydrogen-bond donors (Lipinski definition) is 0. The minimum Gasteiger partial charge on any atom is -0.465 e. The number of unbranched alkanes of at least 4 members (excludes halogenated alkanes) is 5. The molecule has 0 fully saturated rings. The molecule has 0 amide bonds. The Hall–Kier alpha value is -0.530. The third-order valence-corrected chi connectivity index (χ3v) is 3.17. The summed E-state index contributed by atoms with van der Waals surface area (Å²) in [5, 5.41) is 0. The second kappa shape index (κ2) is 8.60. The Bertz CT molecular complexity index is 243. The lowest BCUT2D eigenvalue weighted by Gasteiger charge is -2.17. The molecule has 0 radical (unpaired) electrons. The zero-order chi connectivity index (χ0) is 14.9. The number of rotatable bonds is 8. The molecule has 19 heavy (non-hydrogen) atoms. The van der Waals surface area contributed by atoms with Crippen LogP contribution in [0.25, 0.3) is 0 Å². The van der Waals surface area contributed by atoms with Crippen LogP contribution >= 0.6 is 0 Å². The van der Waals surface area contributed by atoms with Crippen molar-refractivity contribution < 1.29 is 9.53 Å². The summed E-state index contributed by atoms with van der Waals surface area (Å²) in [6.45, 7) is 13.2. The summed E-state index contributed by atoms with van der Waals surface area (Å²) in [5.41, 5.74) is 0.105. The van der Waals surface area contributed by atoms with Gasteiger partial charge < -0.3 is 4.74 Å². The maximum Gasteiger partial charge on any atom is 0.311 e. The SMILES string of the molecule is CC(C)(C)CCCCCCCCOC(=O)C(C)(C)C. The number of ether oxygens (including phenoxy) is 1. The van der Waals surface area contributed by atoms with E-state index in [0.717, 1.165) is 6.42 Å². The van der Waals surface area contributed by atoms with Crippen LogP contribution in [0.2, 0.25) is 0 Å². The average molecular weight is 270 g/mol. The maximum absolute atomic E-state index is 11.5. The second-order valence-corrected chi connectivity index (χ2v) is 7.82. The Morgan fingerprint density at radius 3 is 1.74 bits per heavy atom. The molecule has 2 heteroatoms. The predicted octanol–water partition coefficient (Wildman–Crippen LogP) is 5.35. The normalized spacial score (nSPS) is 12.5. The summed E-state index contributed by atoms with van der Waals surface area (Å²) in [7, 11) is 0. The summed E-state index contributed by atoms with van der Waals surface area (Å²) in [6.07, 6.45) is 8.73. The molecule has 0 aromatic carbocycles. The molecule has 0 heterocycles. The van der Waals surface area contributed by atoms with E-state index in [9.17, 15) is 4.79 Å². The van der Waals surface area contributed by atoms with Gasteiger partial charge in [0.25, 0.3) is 0 Å². The van der Waals surface area contributed by atoms with Crippen LogP contribution in [0.3, 0.4) is 0 Å². The van der Waals surface area contributed by atoms with Crippen LogP contribution in [0, 0.1) is 10.8 Å².